The molecule has 0 aliphatic carbocycles. The van der Waals surface area contributed by atoms with Crippen LogP contribution in [0.5, 0.6) is 0 Å². The molecule has 666 valence electrons. The SMILES string of the molecule is [2H]c1c([2H])c(-c2c([2H])c([2H])c([2H])c3c([2H])c([2H])c([2H])c([2H])c23)c([2H])c(-c2c([2H])c([2H])c3c([2H])c([2H])c4c([2H])c([2H])c(-c5c([2H])c([2H])c(-c6c([2H])c([2H])c([2H])c7c([2H])c([2H])c([2H])c([2H])c67)c([2H])c5[2H])c5c([2H])c([2H])c2c3c45)c1[2H].[2H]c1c([2H])c(-c2c([2H])c([2H])c3c([2H])c([2H])c4c([2H])c([2H])c(-c5cccc(-c6cccc7ccccc67)c5)c5c([2H])c([2H])c2c3c45)c([2H])c([2H])c1-c1c([2H])c([2H])c([2H])c2c([2H])c([2H])c([2H])c([2H])c12.[2H]c1c([2H])c2c([2H])c([2H])c3c([2H])c([2H])c(-c4cccc(-c5cccc6ccccc56)c4)c4c([2H])c([2H])c(c1-c1ccc(-c5cccc6ccccc56)cc1)c2c34. The molecule has 0 heterocycles. The molecule has 0 amide bonds. The average molecular weight is 1880 g/mol. The van der Waals surface area contributed by atoms with E-state index in [1.807, 2.05) is 140 Å². The fourth-order valence-corrected chi connectivity index (χ4v) is 19.4. The molecule has 0 aliphatic rings. The van der Waals surface area contributed by atoms with Gasteiger partial charge >= 0.3 is 0 Å². The second-order valence-electron chi connectivity index (χ2n) is 34.1. The Morgan fingerprint density at radius 3 is 0.653 bits per heavy atom. The van der Waals surface area contributed by atoms with Crippen LogP contribution in [0.2, 0.25) is 0 Å². The van der Waals surface area contributed by atoms with Crippen molar-refractivity contribution in [2.75, 3.05) is 0 Å². The highest BCUT2D eigenvalue weighted by atomic mass is 14.3. The van der Waals surface area contributed by atoms with Crippen molar-refractivity contribution in [3.63, 3.8) is 0 Å². The highest BCUT2D eigenvalue weighted by Crippen LogP contribution is 2.50. The second kappa shape index (κ2) is 34.7. The molecule has 0 saturated heterocycles. The maximum atomic E-state index is 9.69. The largest absolute Gasteiger partial charge is 0.0636 e. The number of hydrogen-bond donors (Lipinski definition) is 0. The molecule has 30 rings (SSSR count). The topological polar surface area (TPSA) is 0 Å². The van der Waals surface area contributed by atoms with Gasteiger partial charge in [-0.05, 0) is 313 Å². The molecule has 0 aromatic heterocycles. The molecule has 0 atom stereocenters. The standard InChI is InChI=1S/3C48H30/c3*1-3-14-39-31(8-1)10-6-16-41(39)33-18-20-34(21-19-33)43-26-24-35-22-23-36-25-27-44(46-29-28-45(43)47(35)48(36)46)38-13-5-12-37(30-38)42-17-7-11-32-9-2-4-15-40(32)42/h3*1-30H/i1D,2D,3D,4D,5D,6D,7D,8D,9D,10D,11D,12D,13D,14D,15D,16D,17D,18D,19D,20D,21D,22D,23D,24D,25D,26D,27D,28D,29D,30D;1D,3D,6D,8D,10D,14D,16D,18D,19D,20D,21D,22D,23D,24D,25D,26D,27D,28D,29D;22D,23D,24D,25D,26D,27D,28D,29D. The van der Waals surface area contributed by atoms with Gasteiger partial charge < -0.3 is 0 Å². The van der Waals surface area contributed by atoms with Crippen LogP contribution in [0.1, 0.15) is 78.1 Å². The first-order valence-corrected chi connectivity index (χ1v) is 45.4. The van der Waals surface area contributed by atoms with Gasteiger partial charge in [-0.2, -0.15) is 0 Å². The molecule has 0 heteroatoms. The van der Waals surface area contributed by atoms with Crippen LogP contribution >= 0.6 is 0 Å². The minimum absolute atomic E-state index is 0.0318. The highest BCUT2D eigenvalue weighted by Gasteiger charge is 2.23. The zero-order valence-electron chi connectivity index (χ0n) is 132. The van der Waals surface area contributed by atoms with E-state index in [0.29, 0.717) is 27.5 Å². The predicted molar refractivity (Wildman–Crippen MR) is 621 cm³/mol. The first-order valence-electron chi connectivity index (χ1n) is 73.9. The van der Waals surface area contributed by atoms with E-state index in [2.05, 4.69) is 42.5 Å². The van der Waals surface area contributed by atoms with Gasteiger partial charge in [-0.1, -0.05) is 526 Å². The van der Waals surface area contributed by atoms with Crippen molar-refractivity contribution in [3.8, 4) is 134 Å². The Morgan fingerprint density at radius 1 is 0.104 bits per heavy atom. The van der Waals surface area contributed by atoms with E-state index in [4.69, 9.17) is 39.8 Å². The van der Waals surface area contributed by atoms with E-state index in [-0.39, 0.29) is 119 Å². The van der Waals surface area contributed by atoms with Gasteiger partial charge in [0.1, 0.15) is 0 Å². The third-order valence-electron chi connectivity index (χ3n) is 26.1. The van der Waals surface area contributed by atoms with E-state index < -0.39 is 427 Å². The summed E-state index contributed by atoms with van der Waals surface area (Å²) in [6.45, 7) is 0. The first kappa shape index (κ1) is 44.2. The maximum Gasteiger partial charge on any atom is 0.0636 e. The average Bonchev–Trinajstić information content (AvgIpc) is 0.678. The Labute approximate surface area is 914 Å². The van der Waals surface area contributed by atoms with Crippen molar-refractivity contribution in [1.29, 1.82) is 0 Å². The molecule has 0 N–H and O–H groups in total. The van der Waals surface area contributed by atoms with Crippen molar-refractivity contribution in [2.24, 2.45) is 0 Å². The summed E-state index contributed by atoms with van der Waals surface area (Å²) in [5.41, 5.74) is -0.947. The van der Waals surface area contributed by atoms with Gasteiger partial charge in [-0.3, -0.25) is 0 Å². The smallest absolute Gasteiger partial charge is 0.0616 e. The zero-order valence-corrected chi connectivity index (χ0v) is 74.6. The molecule has 0 unspecified atom stereocenters. The molecule has 0 radical (unpaired) electrons. The van der Waals surface area contributed by atoms with Crippen LogP contribution in [0.3, 0.4) is 0 Å². The number of benzene rings is 30. The molecular formula is C144H90. The molecule has 0 aliphatic heterocycles. The zero-order chi connectivity index (χ0) is 144. The molecule has 144 heavy (non-hydrogen) atoms. The molecule has 30 aromatic carbocycles. The lowest BCUT2D eigenvalue weighted by atomic mass is 9.86. The summed E-state index contributed by atoms with van der Waals surface area (Å²) in [5, 5.41) is -0.554. The van der Waals surface area contributed by atoms with Crippen LogP contribution in [0.15, 0.2) is 545 Å². The van der Waals surface area contributed by atoms with Gasteiger partial charge in [0.2, 0.25) is 0 Å². The van der Waals surface area contributed by atoms with Gasteiger partial charge in [-0.25, -0.2) is 0 Å². The van der Waals surface area contributed by atoms with Gasteiger partial charge in [0.15, 0.2) is 0 Å². The summed E-state index contributed by atoms with van der Waals surface area (Å²) in [7, 11) is 0. The van der Waals surface area contributed by atoms with Crippen LogP contribution < -0.4 is 0 Å². The Morgan fingerprint density at radius 2 is 0.326 bits per heavy atom. The number of rotatable bonds is 12. The lowest BCUT2D eigenvalue weighted by Crippen LogP contribution is -1.90. The van der Waals surface area contributed by atoms with Gasteiger partial charge in [-0.15, -0.1) is 0 Å². The van der Waals surface area contributed by atoms with E-state index in [0.717, 1.165) is 65.7 Å². The molecule has 0 saturated carbocycles. The monoisotopic (exact) mass is 1880 g/mol. The van der Waals surface area contributed by atoms with E-state index in [1.54, 1.807) is 18.2 Å². The predicted octanol–water partition coefficient (Wildman–Crippen LogP) is 40.7. The van der Waals surface area contributed by atoms with Crippen LogP contribution in [-0.2, 0) is 0 Å². The van der Waals surface area contributed by atoms with Gasteiger partial charge in [0.05, 0.1) is 78.1 Å². The Balaban J connectivity index is 0.000000135. The van der Waals surface area contributed by atoms with E-state index in [1.165, 1.54) is 0 Å². The number of hydrogen-bond acceptors (Lipinski definition) is 0. The first-order chi connectivity index (χ1) is 95.2. The van der Waals surface area contributed by atoms with E-state index in [9.17, 15) is 38.4 Å². The van der Waals surface area contributed by atoms with Crippen LogP contribution in [0, 0.1) is 0 Å². The molecule has 0 bridgehead atoms. The summed E-state index contributed by atoms with van der Waals surface area (Å²) >= 11 is 0. The third kappa shape index (κ3) is 14.3. The maximum absolute atomic E-state index is 9.69. The minimum Gasteiger partial charge on any atom is -0.0616 e. The molecule has 0 nitrogen and oxygen atoms in total. The fourth-order valence-electron chi connectivity index (χ4n) is 19.4. The normalized spacial score (nSPS) is 17.3. The van der Waals surface area contributed by atoms with Crippen LogP contribution in [0.4, 0.5) is 0 Å². The molecule has 0 fully saturated rings. The number of fused-ring (bicyclic) bond motifs is 6. The van der Waals surface area contributed by atoms with Crippen molar-refractivity contribution in [2.45, 2.75) is 0 Å². The quantitative estimate of drug-likeness (QED) is 0.107. The Kier molecular flexibility index (Phi) is 10.6. The summed E-state index contributed by atoms with van der Waals surface area (Å²) in [4.78, 5) is 0. The summed E-state index contributed by atoms with van der Waals surface area (Å²) in [6, 6.07) is 21.0. The van der Waals surface area contributed by atoms with Crippen molar-refractivity contribution >= 4 is 162 Å². The van der Waals surface area contributed by atoms with Crippen molar-refractivity contribution < 1.29 is 78.1 Å². The summed E-state index contributed by atoms with van der Waals surface area (Å²) in [5.74, 6) is 0. The van der Waals surface area contributed by atoms with Crippen LogP contribution in [-0.4, -0.2) is 0 Å². The third-order valence-corrected chi connectivity index (χ3v) is 26.1. The van der Waals surface area contributed by atoms with Crippen molar-refractivity contribution in [3.05, 3.63) is 545 Å². The molecule has 30 aromatic rings. The Bertz CT molecular complexity index is 14000. The second-order valence-corrected chi connectivity index (χ2v) is 34.1. The van der Waals surface area contributed by atoms with Crippen LogP contribution in [0.25, 0.3) is 295 Å². The molecular weight excluding hydrogens is 1730 g/mol. The lowest BCUT2D eigenvalue weighted by molar-refractivity contribution is 1.62. The fraction of sp³-hybridized carbons (Fsp3) is 0. The highest BCUT2D eigenvalue weighted by molar-refractivity contribution is 6.31. The lowest BCUT2D eigenvalue weighted by Gasteiger charge is -2.17. The van der Waals surface area contributed by atoms with Gasteiger partial charge in [0.25, 0.3) is 0 Å². The summed E-state index contributed by atoms with van der Waals surface area (Å²) in [6.07, 6.45) is 0. The van der Waals surface area contributed by atoms with E-state index >= 15 is 0 Å². The minimum atomic E-state index is -1.05. The summed E-state index contributed by atoms with van der Waals surface area (Å²) < 4.78 is 516. The van der Waals surface area contributed by atoms with Crippen molar-refractivity contribution in [1.82, 2.24) is 0 Å². The Hall–Kier alpha value is -18.7. The molecule has 0 spiro atoms. The van der Waals surface area contributed by atoms with Gasteiger partial charge in [0, 0.05) is 0 Å².